The molecule has 32 heavy (non-hydrogen) atoms. The number of hydrogen-bond donors (Lipinski definition) is 1. The number of thioether (sulfide) groups is 1. The first-order valence-electron chi connectivity index (χ1n) is 11.1. The van der Waals surface area contributed by atoms with E-state index in [0.29, 0.717) is 6.04 Å². The first-order valence-corrected chi connectivity index (χ1v) is 12.1. The number of nitrogens with zero attached hydrogens (tertiary/aromatic N) is 4. The zero-order valence-corrected chi connectivity index (χ0v) is 19.4. The fourth-order valence-corrected chi connectivity index (χ4v) is 4.81. The van der Waals surface area contributed by atoms with Gasteiger partial charge >= 0.3 is 0 Å². The third-order valence-corrected chi connectivity index (χ3v) is 6.77. The van der Waals surface area contributed by atoms with Crippen LogP contribution in [-0.2, 0) is 4.79 Å². The van der Waals surface area contributed by atoms with Crippen LogP contribution in [0.2, 0.25) is 0 Å². The lowest BCUT2D eigenvalue weighted by molar-refractivity contribution is -0.118. The molecule has 166 valence electrons. The van der Waals surface area contributed by atoms with Crippen molar-refractivity contribution in [3.05, 3.63) is 65.2 Å². The molecule has 6 nitrogen and oxygen atoms in total. The van der Waals surface area contributed by atoms with Gasteiger partial charge in [0.05, 0.1) is 12.0 Å². The number of hydrazone groups is 1. The minimum atomic E-state index is -0.157. The smallest absolute Gasteiger partial charge is 0.250 e. The summed E-state index contributed by atoms with van der Waals surface area (Å²) in [6, 6.07) is 16.7. The van der Waals surface area contributed by atoms with Gasteiger partial charge in [0, 0.05) is 11.6 Å². The average molecular weight is 448 g/mol. The number of carbonyl (C=O) groups is 1. The van der Waals surface area contributed by atoms with Crippen LogP contribution >= 0.6 is 11.8 Å². The van der Waals surface area contributed by atoms with Gasteiger partial charge in [0.2, 0.25) is 0 Å². The van der Waals surface area contributed by atoms with E-state index in [0.717, 1.165) is 40.5 Å². The molecule has 0 radical (unpaired) electrons. The van der Waals surface area contributed by atoms with Crippen molar-refractivity contribution < 1.29 is 4.79 Å². The number of nitrogens with one attached hydrogen (secondary N) is 1. The summed E-state index contributed by atoms with van der Waals surface area (Å²) in [5.41, 5.74) is 7.01. The number of hydrogen-bond acceptors (Lipinski definition) is 5. The van der Waals surface area contributed by atoms with Gasteiger partial charge in [0.15, 0.2) is 11.0 Å². The van der Waals surface area contributed by atoms with Crippen LogP contribution in [0.1, 0.15) is 54.8 Å². The summed E-state index contributed by atoms with van der Waals surface area (Å²) < 4.78 is 2.25. The number of amides is 1. The molecule has 1 aliphatic rings. The second kappa shape index (κ2) is 10.6. The van der Waals surface area contributed by atoms with Crippen LogP contribution in [0.25, 0.3) is 11.4 Å². The Labute approximate surface area is 193 Å². The maximum atomic E-state index is 12.4. The maximum Gasteiger partial charge on any atom is 0.250 e. The molecule has 1 heterocycles. The monoisotopic (exact) mass is 447 g/mol. The van der Waals surface area contributed by atoms with E-state index in [9.17, 15) is 4.79 Å². The topological polar surface area (TPSA) is 72.2 Å². The molecule has 0 unspecified atom stereocenters. The Balaban J connectivity index is 1.46. The summed E-state index contributed by atoms with van der Waals surface area (Å²) in [6.07, 6.45) is 7.64. The highest BCUT2D eigenvalue weighted by atomic mass is 32.2. The van der Waals surface area contributed by atoms with Gasteiger partial charge in [-0.25, -0.2) is 5.43 Å². The third kappa shape index (κ3) is 5.46. The lowest BCUT2D eigenvalue weighted by Gasteiger charge is -2.25. The molecule has 1 fully saturated rings. The van der Waals surface area contributed by atoms with Crippen molar-refractivity contribution >= 4 is 23.9 Å². The highest BCUT2D eigenvalue weighted by molar-refractivity contribution is 7.99. The van der Waals surface area contributed by atoms with Crippen molar-refractivity contribution in [1.29, 1.82) is 0 Å². The van der Waals surface area contributed by atoms with E-state index in [-0.39, 0.29) is 11.7 Å². The van der Waals surface area contributed by atoms with Crippen molar-refractivity contribution in [2.45, 2.75) is 57.1 Å². The Morgan fingerprint density at radius 1 is 1.09 bits per heavy atom. The zero-order valence-electron chi connectivity index (χ0n) is 18.6. The summed E-state index contributed by atoms with van der Waals surface area (Å²) >= 11 is 1.42. The highest BCUT2D eigenvalue weighted by Crippen LogP contribution is 2.35. The molecule has 4 rings (SSSR count). The predicted octanol–water partition coefficient (Wildman–Crippen LogP) is 5.31. The summed E-state index contributed by atoms with van der Waals surface area (Å²) in [5, 5.41) is 13.9. The molecule has 7 heteroatoms. The fraction of sp³-hybridized carbons (Fsp3) is 0.360. The van der Waals surface area contributed by atoms with E-state index in [1.54, 1.807) is 6.21 Å². The van der Waals surface area contributed by atoms with Crippen molar-refractivity contribution in [2.75, 3.05) is 5.75 Å². The van der Waals surface area contributed by atoms with Gasteiger partial charge in [-0.1, -0.05) is 85.1 Å². The summed E-state index contributed by atoms with van der Waals surface area (Å²) in [5.74, 6) is 0.969. The van der Waals surface area contributed by atoms with Gasteiger partial charge < -0.3 is 0 Å². The second-order valence-corrected chi connectivity index (χ2v) is 9.21. The van der Waals surface area contributed by atoms with Gasteiger partial charge in [0.25, 0.3) is 5.91 Å². The SMILES string of the molecule is Cc1ccc(-c2nnc(SCC(=O)N/N=C\c3ccccc3C)n2C2CCCCC2)cc1. The summed E-state index contributed by atoms with van der Waals surface area (Å²) in [4.78, 5) is 12.4. The molecule has 1 saturated carbocycles. The van der Waals surface area contributed by atoms with Crippen LogP contribution in [0.15, 0.2) is 58.8 Å². The molecule has 0 bridgehead atoms. The largest absolute Gasteiger partial charge is 0.299 e. The normalized spacial score (nSPS) is 14.7. The lowest BCUT2D eigenvalue weighted by atomic mass is 9.95. The Morgan fingerprint density at radius 3 is 2.59 bits per heavy atom. The zero-order chi connectivity index (χ0) is 22.3. The van der Waals surface area contributed by atoms with Crippen molar-refractivity contribution in [1.82, 2.24) is 20.2 Å². The van der Waals surface area contributed by atoms with Gasteiger partial charge in [-0.05, 0) is 37.8 Å². The molecule has 1 amide bonds. The van der Waals surface area contributed by atoms with Crippen LogP contribution in [0.3, 0.4) is 0 Å². The highest BCUT2D eigenvalue weighted by Gasteiger charge is 2.24. The molecular weight excluding hydrogens is 418 g/mol. The number of rotatable bonds is 7. The minimum absolute atomic E-state index is 0.157. The summed E-state index contributed by atoms with van der Waals surface area (Å²) in [6.45, 7) is 4.10. The van der Waals surface area contributed by atoms with E-state index < -0.39 is 0 Å². The second-order valence-electron chi connectivity index (χ2n) is 8.27. The van der Waals surface area contributed by atoms with Crippen LogP contribution in [0.4, 0.5) is 0 Å². The molecule has 0 atom stereocenters. The van der Waals surface area contributed by atoms with E-state index >= 15 is 0 Å². The standard InChI is InChI=1S/C25H29N5OS/c1-18-12-14-20(15-13-18)24-28-29-25(30(24)22-10-4-3-5-11-22)32-17-23(31)27-26-16-21-9-7-6-8-19(21)2/h6-9,12-16,22H,3-5,10-11,17H2,1-2H3,(H,27,31)/b26-16-. The first kappa shape index (κ1) is 22.3. The van der Waals surface area contributed by atoms with E-state index in [1.807, 2.05) is 31.2 Å². The molecule has 1 aliphatic carbocycles. The summed E-state index contributed by atoms with van der Waals surface area (Å²) in [7, 11) is 0. The quantitative estimate of drug-likeness (QED) is 0.303. The average Bonchev–Trinajstić information content (AvgIpc) is 3.24. The number of aryl methyl sites for hydroxylation is 2. The van der Waals surface area contributed by atoms with Gasteiger partial charge in [-0.15, -0.1) is 10.2 Å². The minimum Gasteiger partial charge on any atom is -0.299 e. The first-order chi connectivity index (χ1) is 15.6. The molecule has 0 spiro atoms. The van der Waals surface area contributed by atoms with E-state index in [4.69, 9.17) is 0 Å². The van der Waals surface area contributed by atoms with Crippen LogP contribution in [-0.4, -0.2) is 32.6 Å². The van der Waals surface area contributed by atoms with E-state index in [2.05, 4.69) is 56.5 Å². The molecule has 1 N–H and O–H groups in total. The molecule has 1 aromatic heterocycles. The fourth-order valence-electron chi connectivity index (χ4n) is 4.01. The Bertz CT molecular complexity index is 1080. The van der Waals surface area contributed by atoms with Crippen molar-refractivity contribution in [2.24, 2.45) is 5.10 Å². The Hall–Kier alpha value is -2.93. The van der Waals surface area contributed by atoms with Crippen molar-refractivity contribution in [3.8, 4) is 11.4 Å². The number of benzene rings is 2. The predicted molar refractivity (Wildman–Crippen MR) is 130 cm³/mol. The van der Waals surface area contributed by atoms with E-state index in [1.165, 1.54) is 36.6 Å². The van der Waals surface area contributed by atoms with Gasteiger partial charge in [-0.3, -0.25) is 9.36 Å². The molecule has 0 aliphatic heterocycles. The van der Waals surface area contributed by atoms with Gasteiger partial charge in [0.1, 0.15) is 0 Å². The molecule has 2 aromatic carbocycles. The molecule has 3 aromatic rings. The maximum absolute atomic E-state index is 12.4. The van der Waals surface area contributed by atoms with Crippen molar-refractivity contribution in [3.63, 3.8) is 0 Å². The number of aromatic nitrogens is 3. The molecule has 0 saturated heterocycles. The van der Waals surface area contributed by atoms with Gasteiger partial charge in [-0.2, -0.15) is 5.10 Å². The molecular formula is C25H29N5OS. The Kier molecular flexibility index (Phi) is 7.37. The van der Waals surface area contributed by atoms with Crippen LogP contribution in [0.5, 0.6) is 0 Å². The van der Waals surface area contributed by atoms with Crippen LogP contribution < -0.4 is 5.43 Å². The third-order valence-electron chi connectivity index (χ3n) is 5.83. The van der Waals surface area contributed by atoms with Crippen LogP contribution in [0, 0.1) is 13.8 Å². The number of carbonyl (C=O) groups excluding carboxylic acids is 1. The Morgan fingerprint density at radius 2 is 1.84 bits per heavy atom. The lowest BCUT2D eigenvalue weighted by Crippen LogP contribution is -2.20.